The quantitative estimate of drug-likeness (QED) is 0.388. The van der Waals surface area contributed by atoms with Crippen LogP contribution in [0.3, 0.4) is 0 Å². The number of aromatic carboxylic acids is 1. The molecule has 172 valence electrons. The van der Waals surface area contributed by atoms with E-state index in [1.165, 1.54) is 6.07 Å². The molecule has 0 bridgehead atoms. The number of carbonyl (C=O) groups is 1. The number of rotatable bonds is 4. The van der Waals surface area contributed by atoms with Crippen LogP contribution in [-0.2, 0) is 19.5 Å². The predicted molar refractivity (Wildman–Crippen MR) is 124 cm³/mol. The zero-order valence-electron chi connectivity index (χ0n) is 19.0. The summed E-state index contributed by atoms with van der Waals surface area (Å²) in [4.78, 5) is 24.5. The Bertz CT molecular complexity index is 1620. The van der Waals surface area contributed by atoms with Crippen LogP contribution in [0.15, 0.2) is 48.8 Å². The van der Waals surface area contributed by atoms with Crippen molar-refractivity contribution in [3.63, 3.8) is 0 Å². The van der Waals surface area contributed by atoms with E-state index in [1.54, 1.807) is 12.3 Å². The van der Waals surface area contributed by atoms with E-state index < -0.39 is 23.3 Å². The average molecular weight is 461 g/mol. The van der Waals surface area contributed by atoms with Gasteiger partial charge in [0.2, 0.25) is 11.9 Å². The van der Waals surface area contributed by atoms with Gasteiger partial charge in [0.15, 0.2) is 5.69 Å². The molecule has 0 aromatic carbocycles. The molecule has 7 nitrogen and oxygen atoms in total. The molecule has 5 heterocycles. The van der Waals surface area contributed by atoms with Crippen molar-refractivity contribution in [1.29, 1.82) is 0 Å². The van der Waals surface area contributed by atoms with Crippen LogP contribution in [0.1, 0.15) is 35.7 Å². The normalized spacial score (nSPS) is 12.1. The van der Waals surface area contributed by atoms with Crippen molar-refractivity contribution in [2.75, 3.05) is 0 Å². The summed E-state index contributed by atoms with van der Waals surface area (Å²) in [5, 5.41) is 11.0. The summed E-state index contributed by atoms with van der Waals surface area (Å²) in [6, 6.07) is 9.67. The first-order valence-electron chi connectivity index (χ1n) is 10.6. The van der Waals surface area contributed by atoms with Crippen molar-refractivity contribution in [1.82, 2.24) is 24.1 Å². The number of nitrogens with zero attached hydrogens (tertiary/aromatic N) is 5. The van der Waals surface area contributed by atoms with Crippen LogP contribution in [0, 0.1) is 11.9 Å². The molecule has 5 aromatic heterocycles. The highest BCUT2D eigenvalue weighted by atomic mass is 19.1. The first-order chi connectivity index (χ1) is 16.1. The molecule has 5 aromatic rings. The van der Waals surface area contributed by atoms with E-state index in [-0.39, 0.29) is 11.3 Å². The minimum atomic E-state index is -1.13. The van der Waals surface area contributed by atoms with Gasteiger partial charge >= 0.3 is 5.97 Å². The highest BCUT2D eigenvalue weighted by molar-refractivity contribution is 6.01. The van der Waals surface area contributed by atoms with Gasteiger partial charge in [0.05, 0.1) is 33.7 Å². The molecule has 0 amide bonds. The summed E-state index contributed by atoms with van der Waals surface area (Å²) >= 11 is 0. The Kier molecular flexibility index (Phi) is 4.75. The molecule has 9 heteroatoms. The summed E-state index contributed by atoms with van der Waals surface area (Å²) in [6.45, 7) is 3.77. The van der Waals surface area contributed by atoms with E-state index in [0.717, 1.165) is 17.1 Å². The molecule has 0 aliphatic rings. The SMILES string of the molecule is Cn1ccc2c(C(=O)O)nc(C(C)(C)c3cc4c(ccn4C)c(-c4ccc(F)nc4F)n3)cc21. The Morgan fingerprint density at radius 1 is 0.882 bits per heavy atom. The van der Waals surface area contributed by atoms with E-state index in [2.05, 4.69) is 9.97 Å². The van der Waals surface area contributed by atoms with Gasteiger partial charge in [-0.25, -0.2) is 9.78 Å². The van der Waals surface area contributed by atoms with Crippen LogP contribution in [0.25, 0.3) is 33.1 Å². The van der Waals surface area contributed by atoms with E-state index in [0.29, 0.717) is 27.9 Å². The number of aromatic nitrogens is 5. The van der Waals surface area contributed by atoms with Crippen LogP contribution in [0.2, 0.25) is 0 Å². The third kappa shape index (κ3) is 3.23. The second-order valence-corrected chi connectivity index (χ2v) is 8.83. The minimum absolute atomic E-state index is 0.0462. The van der Waals surface area contributed by atoms with E-state index in [4.69, 9.17) is 4.98 Å². The molecule has 0 saturated heterocycles. The van der Waals surface area contributed by atoms with Crippen LogP contribution in [0.5, 0.6) is 0 Å². The fourth-order valence-corrected chi connectivity index (χ4v) is 4.26. The summed E-state index contributed by atoms with van der Waals surface area (Å²) in [5.74, 6) is -2.99. The Labute approximate surface area is 193 Å². The first-order valence-corrected chi connectivity index (χ1v) is 10.6. The molecule has 34 heavy (non-hydrogen) atoms. The zero-order valence-corrected chi connectivity index (χ0v) is 19.0. The highest BCUT2D eigenvalue weighted by Gasteiger charge is 2.31. The van der Waals surface area contributed by atoms with Gasteiger partial charge in [-0.3, -0.25) is 4.98 Å². The lowest BCUT2D eigenvalue weighted by molar-refractivity contribution is 0.0692. The molecule has 0 unspecified atom stereocenters. The van der Waals surface area contributed by atoms with Crippen LogP contribution >= 0.6 is 0 Å². The molecule has 0 aliphatic heterocycles. The van der Waals surface area contributed by atoms with Gasteiger partial charge in [-0.15, -0.1) is 0 Å². The average Bonchev–Trinajstić information content (AvgIpc) is 3.35. The number of aryl methyl sites for hydroxylation is 2. The van der Waals surface area contributed by atoms with Gasteiger partial charge in [-0.05, 0) is 50.2 Å². The third-order valence-corrected chi connectivity index (χ3v) is 6.32. The maximum Gasteiger partial charge on any atom is 0.355 e. The van der Waals surface area contributed by atoms with Crippen molar-refractivity contribution in [2.45, 2.75) is 19.3 Å². The Hall–Kier alpha value is -4.14. The molecule has 0 radical (unpaired) electrons. The number of hydrogen-bond acceptors (Lipinski definition) is 4. The number of carboxylic acid groups (broad SMARTS) is 1. The number of fused-ring (bicyclic) bond motifs is 2. The Morgan fingerprint density at radius 3 is 2.09 bits per heavy atom. The lowest BCUT2D eigenvalue weighted by Gasteiger charge is -2.25. The summed E-state index contributed by atoms with van der Waals surface area (Å²) in [7, 11) is 3.69. The molecule has 0 aliphatic carbocycles. The molecule has 0 atom stereocenters. The number of hydrogen-bond donors (Lipinski definition) is 1. The second-order valence-electron chi connectivity index (χ2n) is 8.83. The molecule has 1 N–H and O–H groups in total. The fraction of sp³-hybridized carbons (Fsp3) is 0.200. The Balaban J connectivity index is 1.78. The second kappa shape index (κ2) is 7.44. The monoisotopic (exact) mass is 461 g/mol. The van der Waals surface area contributed by atoms with Crippen LogP contribution in [0.4, 0.5) is 8.78 Å². The fourth-order valence-electron chi connectivity index (χ4n) is 4.26. The molecular weight excluding hydrogens is 440 g/mol. The standard InChI is InChI=1S/C25H21F2N5O2/c1-25(2,19-12-17-14(8-10-32(17)4)22(29-19)24(33)34)18-11-16-13(7-9-31(16)3)21(28-18)15-5-6-20(26)30-23(15)27/h5-12H,1-4H3,(H,33,34). The van der Waals surface area contributed by atoms with Gasteiger partial charge < -0.3 is 14.2 Å². The van der Waals surface area contributed by atoms with Gasteiger partial charge in [0.25, 0.3) is 0 Å². The number of pyridine rings is 3. The van der Waals surface area contributed by atoms with E-state index >= 15 is 0 Å². The van der Waals surface area contributed by atoms with Gasteiger partial charge in [-0.1, -0.05) is 0 Å². The topological polar surface area (TPSA) is 85.8 Å². The van der Waals surface area contributed by atoms with Gasteiger partial charge in [-0.2, -0.15) is 13.8 Å². The highest BCUT2D eigenvalue weighted by Crippen LogP contribution is 2.37. The first kappa shape index (κ1) is 21.7. The summed E-state index contributed by atoms with van der Waals surface area (Å²) in [6.07, 6.45) is 3.62. The maximum atomic E-state index is 14.7. The summed E-state index contributed by atoms with van der Waals surface area (Å²) in [5.41, 5.74) is 2.08. The minimum Gasteiger partial charge on any atom is -0.476 e. The third-order valence-electron chi connectivity index (χ3n) is 6.32. The van der Waals surface area contributed by atoms with Crippen molar-refractivity contribution in [2.24, 2.45) is 14.1 Å². The van der Waals surface area contributed by atoms with Gasteiger partial charge in [0.1, 0.15) is 0 Å². The lowest BCUT2D eigenvalue weighted by Crippen LogP contribution is -2.24. The number of halogens is 2. The van der Waals surface area contributed by atoms with Crippen molar-refractivity contribution < 1.29 is 18.7 Å². The predicted octanol–water partition coefficient (Wildman–Crippen LogP) is 4.82. The zero-order chi connectivity index (χ0) is 24.4. The van der Waals surface area contributed by atoms with Crippen LogP contribution in [-0.4, -0.2) is 35.2 Å². The maximum absolute atomic E-state index is 14.7. The lowest BCUT2D eigenvalue weighted by atomic mass is 9.83. The smallest absolute Gasteiger partial charge is 0.355 e. The summed E-state index contributed by atoms with van der Waals surface area (Å²) < 4.78 is 31.9. The molecular formula is C25H21F2N5O2. The molecule has 0 fully saturated rings. The van der Waals surface area contributed by atoms with Gasteiger partial charge in [0, 0.05) is 42.7 Å². The molecule has 5 rings (SSSR count). The van der Waals surface area contributed by atoms with Crippen molar-refractivity contribution in [3.8, 4) is 11.3 Å². The number of carboxylic acids is 1. The molecule has 0 spiro atoms. The van der Waals surface area contributed by atoms with Crippen molar-refractivity contribution in [3.05, 3.63) is 77.8 Å². The van der Waals surface area contributed by atoms with Crippen molar-refractivity contribution >= 4 is 27.8 Å². The Morgan fingerprint density at radius 2 is 1.47 bits per heavy atom. The molecule has 0 saturated carbocycles. The van der Waals surface area contributed by atoms with E-state index in [9.17, 15) is 18.7 Å². The largest absolute Gasteiger partial charge is 0.476 e. The van der Waals surface area contributed by atoms with E-state index in [1.807, 2.05) is 61.5 Å². The van der Waals surface area contributed by atoms with Crippen LogP contribution < -0.4 is 0 Å².